The lowest BCUT2D eigenvalue weighted by Gasteiger charge is -2.28. The van der Waals surface area contributed by atoms with Gasteiger partial charge in [0.15, 0.2) is 10.8 Å². The minimum Gasteiger partial charge on any atom is -0.198 e. The first-order chi connectivity index (χ1) is 8.11. The van der Waals surface area contributed by atoms with Crippen molar-refractivity contribution in [2.24, 2.45) is 10.8 Å². The van der Waals surface area contributed by atoms with E-state index in [1.165, 1.54) is 0 Å². The minimum absolute atomic E-state index is 0.141. The van der Waals surface area contributed by atoms with Crippen LogP contribution in [0.5, 0.6) is 0 Å². The minimum atomic E-state index is -2.03. The van der Waals surface area contributed by atoms with Gasteiger partial charge in [-0.2, -0.15) is 31.6 Å². The summed E-state index contributed by atoms with van der Waals surface area (Å²) in [5, 5.41) is 53.1. The van der Waals surface area contributed by atoms with E-state index in [0.717, 1.165) is 0 Å². The summed E-state index contributed by atoms with van der Waals surface area (Å²) in [7, 11) is 0. The lowest BCUT2D eigenvalue weighted by molar-refractivity contribution is 0.286. The molecule has 6 heteroatoms. The van der Waals surface area contributed by atoms with Crippen LogP contribution in [0.2, 0.25) is 0 Å². The van der Waals surface area contributed by atoms with Gasteiger partial charge in [0.25, 0.3) is 0 Å². The largest absolute Gasteiger partial charge is 0.198 e. The van der Waals surface area contributed by atoms with Crippen LogP contribution in [0.3, 0.4) is 0 Å². The maximum atomic E-state index is 9.03. The first-order valence-corrected chi connectivity index (χ1v) is 4.51. The summed E-state index contributed by atoms with van der Waals surface area (Å²) in [6.45, 7) is 0. The van der Waals surface area contributed by atoms with Crippen LogP contribution in [-0.2, 0) is 0 Å². The van der Waals surface area contributed by atoms with E-state index >= 15 is 0 Å². The van der Waals surface area contributed by atoms with E-state index in [2.05, 4.69) is 0 Å². The highest BCUT2D eigenvalue weighted by Gasteiger charge is 2.54. The Labute approximate surface area is 98.7 Å². The lowest BCUT2D eigenvalue weighted by Crippen LogP contribution is -2.38. The molecule has 0 aromatic carbocycles. The fraction of sp³-hybridized carbons (Fsp3) is 0.455. The molecule has 0 saturated carbocycles. The fourth-order valence-corrected chi connectivity index (χ4v) is 1.35. The van der Waals surface area contributed by atoms with E-state index < -0.39 is 17.3 Å². The molecule has 0 atom stereocenters. The molecule has 0 amide bonds. The zero-order chi connectivity index (χ0) is 13.4. The van der Waals surface area contributed by atoms with Gasteiger partial charge < -0.3 is 0 Å². The van der Waals surface area contributed by atoms with Crippen LogP contribution in [0.1, 0.15) is 19.3 Å². The highest BCUT2D eigenvalue weighted by molar-refractivity contribution is 5.35. The second-order valence-electron chi connectivity index (χ2n) is 3.25. The number of nitrogens with zero attached hydrogens (tertiary/aromatic N) is 6. The van der Waals surface area contributed by atoms with Crippen LogP contribution >= 0.6 is 0 Å². The van der Waals surface area contributed by atoms with Crippen molar-refractivity contribution in [3.63, 3.8) is 0 Å². The van der Waals surface area contributed by atoms with Crippen molar-refractivity contribution in [2.75, 3.05) is 0 Å². The van der Waals surface area contributed by atoms with Crippen LogP contribution in [0.4, 0.5) is 0 Å². The van der Waals surface area contributed by atoms with Crippen molar-refractivity contribution in [2.45, 2.75) is 19.3 Å². The topological polar surface area (TPSA) is 143 Å². The van der Waals surface area contributed by atoms with Crippen molar-refractivity contribution < 1.29 is 0 Å². The third kappa shape index (κ3) is 2.13. The molecular formula is C11H6N6. The zero-order valence-electron chi connectivity index (χ0n) is 8.80. The van der Waals surface area contributed by atoms with Crippen molar-refractivity contribution in [1.82, 2.24) is 0 Å². The molecule has 0 aromatic rings. The summed E-state index contributed by atoms with van der Waals surface area (Å²) in [6, 6.07) is 9.78. The predicted molar refractivity (Wildman–Crippen MR) is 52.4 cm³/mol. The summed E-state index contributed by atoms with van der Waals surface area (Å²) in [4.78, 5) is 0. The second-order valence-corrected chi connectivity index (χ2v) is 3.25. The third-order valence-corrected chi connectivity index (χ3v) is 2.45. The Kier molecular flexibility index (Phi) is 4.70. The van der Waals surface area contributed by atoms with Gasteiger partial charge in [0.2, 0.25) is 0 Å². The average molecular weight is 222 g/mol. The van der Waals surface area contributed by atoms with Gasteiger partial charge in [-0.05, 0) is 6.42 Å². The van der Waals surface area contributed by atoms with Gasteiger partial charge in [0.1, 0.15) is 0 Å². The molecule has 0 fully saturated rings. The molecule has 0 unspecified atom stereocenters. The van der Waals surface area contributed by atoms with Gasteiger partial charge in [-0.25, -0.2) is 0 Å². The van der Waals surface area contributed by atoms with Gasteiger partial charge in [-0.1, -0.05) is 0 Å². The monoisotopic (exact) mass is 222 g/mol. The summed E-state index contributed by atoms with van der Waals surface area (Å²) >= 11 is 0. The molecule has 0 aliphatic carbocycles. The highest BCUT2D eigenvalue weighted by atomic mass is 14.6. The summed E-state index contributed by atoms with van der Waals surface area (Å²) in [5.41, 5.74) is -3.98. The van der Waals surface area contributed by atoms with Crippen molar-refractivity contribution in [3.05, 3.63) is 0 Å². The quantitative estimate of drug-likeness (QED) is 0.700. The number of rotatable bonds is 4. The van der Waals surface area contributed by atoms with E-state index in [4.69, 9.17) is 31.6 Å². The van der Waals surface area contributed by atoms with Crippen molar-refractivity contribution in [1.29, 1.82) is 31.6 Å². The Bertz CT molecular complexity index is 505. The van der Waals surface area contributed by atoms with Gasteiger partial charge in [0, 0.05) is 6.42 Å². The van der Waals surface area contributed by atoms with Crippen LogP contribution < -0.4 is 0 Å². The molecule has 0 aliphatic heterocycles. The van der Waals surface area contributed by atoms with E-state index in [0.29, 0.717) is 0 Å². The van der Waals surface area contributed by atoms with Crippen LogP contribution in [-0.4, -0.2) is 0 Å². The molecule has 80 valence electrons. The predicted octanol–water partition coefficient (Wildman–Crippen LogP) is 1.27. The maximum absolute atomic E-state index is 9.03. The van der Waals surface area contributed by atoms with Gasteiger partial charge in [-0.15, -0.1) is 0 Å². The Hall–Kier alpha value is -3.06. The van der Waals surface area contributed by atoms with Crippen molar-refractivity contribution in [3.8, 4) is 36.4 Å². The van der Waals surface area contributed by atoms with E-state index in [1.807, 2.05) is 0 Å². The van der Waals surface area contributed by atoms with Crippen LogP contribution in [0.15, 0.2) is 0 Å². The smallest absolute Gasteiger partial charge is 0.188 e. The summed E-state index contributed by atoms with van der Waals surface area (Å²) < 4.78 is 0. The fourth-order valence-electron chi connectivity index (χ4n) is 1.35. The number of nitriles is 6. The molecule has 0 rings (SSSR count). The Morgan fingerprint density at radius 3 is 1.41 bits per heavy atom. The Balaban J connectivity index is 5.80. The second kappa shape index (κ2) is 5.73. The molecule has 0 spiro atoms. The standard InChI is InChI=1S/C11H6N6/c12-4-1-2-10(6-14,7-15)11(8-16,9-17)3-5-13/h1-3H2. The molecule has 0 aromatic heterocycles. The molecule has 0 bridgehead atoms. The Morgan fingerprint density at radius 2 is 1.12 bits per heavy atom. The van der Waals surface area contributed by atoms with Gasteiger partial charge in [-0.3, -0.25) is 0 Å². The average Bonchev–Trinajstić information content (AvgIpc) is 2.38. The molecule has 0 heterocycles. The molecular weight excluding hydrogens is 216 g/mol. The van der Waals surface area contributed by atoms with Crippen LogP contribution in [0.25, 0.3) is 0 Å². The first kappa shape index (κ1) is 13.9. The van der Waals surface area contributed by atoms with E-state index in [1.54, 1.807) is 36.4 Å². The molecule has 0 saturated heterocycles. The molecule has 6 nitrogen and oxygen atoms in total. The van der Waals surface area contributed by atoms with E-state index in [9.17, 15) is 0 Å². The Morgan fingerprint density at radius 1 is 0.647 bits per heavy atom. The summed E-state index contributed by atoms with van der Waals surface area (Å²) in [6.07, 6.45) is -0.927. The molecule has 0 N–H and O–H groups in total. The zero-order valence-corrected chi connectivity index (χ0v) is 8.80. The van der Waals surface area contributed by atoms with Crippen LogP contribution in [0, 0.1) is 78.8 Å². The number of hydrogen-bond acceptors (Lipinski definition) is 6. The number of hydrogen-bond donors (Lipinski definition) is 0. The SMILES string of the molecule is N#CCCC(C#N)(C#N)C(C#N)(C#N)CC#N. The molecule has 0 radical (unpaired) electrons. The maximum Gasteiger partial charge on any atom is 0.188 e. The van der Waals surface area contributed by atoms with E-state index in [-0.39, 0.29) is 12.8 Å². The summed E-state index contributed by atoms with van der Waals surface area (Å²) in [5.74, 6) is 0. The van der Waals surface area contributed by atoms with Gasteiger partial charge in [0.05, 0.1) is 42.8 Å². The first-order valence-electron chi connectivity index (χ1n) is 4.51. The van der Waals surface area contributed by atoms with Gasteiger partial charge >= 0.3 is 0 Å². The third-order valence-electron chi connectivity index (χ3n) is 2.45. The molecule has 17 heavy (non-hydrogen) atoms. The normalized spacial score (nSPS) is 9.53. The van der Waals surface area contributed by atoms with Crippen molar-refractivity contribution >= 4 is 0 Å². The highest BCUT2D eigenvalue weighted by Crippen LogP contribution is 2.44. The lowest BCUT2D eigenvalue weighted by atomic mass is 9.62. The molecule has 0 aliphatic rings.